The van der Waals surface area contributed by atoms with Crippen LogP contribution in [0.2, 0.25) is 0 Å². The lowest BCUT2D eigenvalue weighted by molar-refractivity contribution is 0.241. The van der Waals surface area contributed by atoms with Gasteiger partial charge in [0, 0.05) is 12.2 Å². The molecule has 2 heterocycles. The number of ether oxygens (including phenoxy) is 1. The third-order valence-electron chi connectivity index (χ3n) is 2.73. The Kier molecular flexibility index (Phi) is 4.15. The third-order valence-corrected chi connectivity index (χ3v) is 2.73. The van der Waals surface area contributed by atoms with Crippen LogP contribution in [0.3, 0.4) is 0 Å². The van der Waals surface area contributed by atoms with Crippen LogP contribution in [0.5, 0.6) is 5.75 Å². The van der Waals surface area contributed by atoms with Crippen LogP contribution in [0, 0.1) is 0 Å². The first kappa shape index (κ1) is 12.1. The number of aromatic nitrogens is 1. The third kappa shape index (κ3) is 3.86. The minimum atomic E-state index is 0.188. The minimum absolute atomic E-state index is 0.188. The van der Waals surface area contributed by atoms with E-state index in [0.29, 0.717) is 6.04 Å². The van der Waals surface area contributed by atoms with Crippen LogP contribution >= 0.6 is 0 Å². The van der Waals surface area contributed by atoms with E-state index in [4.69, 9.17) is 4.74 Å². The second-order valence-electron chi connectivity index (χ2n) is 4.68. The first-order chi connectivity index (χ1) is 8.24. The standard InChI is InChI=1S/C14H20N2O/c1-11(2)17-14-8-12(9-15-10-14)5-6-13-4-3-7-16-13/h5-6,8-11,13,16H,3-4,7H2,1-2H3. The summed E-state index contributed by atoms with van der Waals surface area (Å²) in [5.41, 5.74) is 1.09. The Morgan fingerprint density at radius 3 is 3.06 bits per heavy atom. The maximum atomic E-state index is 5.61. The highest BCUT2D eigenvalue weighted by Crippen LogP contribution is 2.15. The first-order valence-corrected chi connectivity index (χ1v) is 6.27. The zero-order valence-corrected chi connectivity index (χ0v) is 10.5. The van der Waals surface area contributed by atoms with Crippen molar-refractivity contribution in [1.29, 1.82) is 0 Å². The summed E-state index contributed by atoms with van der Waals surface area (Å²) < 4.78 is 5.61. The van der Waals surface area contributed by atoms with Crippen molar-refractivity contribution in [3.63, 3.8) is 0 Å². The molecule has 3 nitrogen and oxygen atoms in total. The Morgan fingerprint density at radius 1 is 1.47 bits per heavy atom. The number of nitrogens with zero attached hydrogens (tertiary/aromatic N) is 1. The molecule has 1 saturated heterocycles. The molecule has 0 amide bonds. The van der Waals surface area contributed by atoms with Gasteiger partial charge in [-0.15, -0.1) is 0 Å². The molecule has 1 aromatic heterocycles. The zero-order valence-electron chi connectivity index (χ0n) is 10.5. The molecule has 92 valence electrons. The van der Waals surface area contributed by atoms with Crippen LogP contribution in [-0.4, -0.2) is 23.7 Å². The van der Waals surface area contributed by atoms with Crippen LogP contribution in [0.4, 0.5) is 0 Å². The van der Waals surface area contributed by atoms with E-state index in [0.717, 1.165) is 17.9 Å². The van der Waals surface area contributed by atoms with Crippen molar-refractivity contribution in [3.8, 4) is 5.75 Å². The van der Waals surface area contributed by atoms with E-state index in [-0.39, 0.29) is 6.10 Å². The molecule has 0 bridgehead atoms. The monoisotopic (exact) mass is 232 g/mol. The lowest BCUT2D eigenvalue weighted by Crippen LogP contribution is -2.17. The number of hydrogen-bond donors (Lipinski definition) is 1. The average Bonchev–Trinajstić information content (AvgIpc) is 2.79. The minimum Gasteiger partial charge on any atom is -0.489 e. The van der Waals surface area contributed by atoms with E-state index in [1.165, 1.54) is 12.8 Å². The van der Waals surface area contributed by atoms with Crippen LogP contribution in [-0.2, 0) is 0 Å². The summed E-state index contributed by atoms with van der Waals surface area (Å²) in [5, 5.41) is 3.44. The lowest BCUT2D eigenvalue weighted by Gasteiger charge is -2.09. The van der Waals surface area contributed by atoms with Crippen molar-refractivity contribution in [2.24, 2.45) is 0 Å². The molecule has 0 radical (unpaired) electrons. The quantitative estimate of drug-likeness (QED) is 0.866. The van der Waals surface area contributed by atoms with Crippen LogP contribution in [0.25, 0.3) is 6.08 Å². The molecular weight excluding hydrogens is 212 g/mol. The van der Waals surface area contributed by atoms with E-state index in [9.17, 15) is 0 Å². The van der Waals surface area contributed by atoms with Crippen molar-refractivity contribution in [2.75, 3.05) is 6.54 Å². The smallest absolute Gasteiger partial charge is 0.138 e. The van der Waals surface area contributed by atoms with Gasteiger partial charge in [0.2, 0.25) is 0 Å². The van der Waals surface area contributed by atoms with E-state index in [1.807, 2.05) is 26.1 Å². The fourth-order valence-corrected chi connectivity index (χ4v) is 1.97. The van der Waals surface area contributed by atoms with Gasteiger partial charge in [-0.25, -0.2) is 0 Å². The maximum absolute atomic E-state index is 5.61. The second kappa shape index (κ2) is 5.82. The zero-order chi connectivity index (χ0) is 12.1. The Balaban J connectivity index is 2.00. The van der Waals surface area contributed by atoms with Gasteiger partial charge >= 0.3 is 0 Å². The number of rotatable bonds is 4. The van der Waals surface area contributed by atoms with E-state index < -0.39 is 0 Å². The molecule has 17 heavy (non-hydrogen) atoms. The van der Waals surface area contributed by atoms with Crippen molar-refractivity contribution in [2.45, 2.75) is 38.8 Å². The number of hydrogen-bond acceptors (Lipinski definition) is 3. The molecule has 1 unspecified atom stereocenters. The normalized spacial score (nSPS) is 20.3. The molecule has 0 aliphatic carbocycles. The van der Waals surface area contributed by atoms with Crippen LogP contribution < -0.4 is 10.1 Å². The van der Waals surface area contributed by atoms with Gasteiger partial charge in [-0.05, 0) is 44.9 Å². The van der Waals surface area contributed by atoms with Crippen molar-refractivity contribution in [1.82, 2.24) is 10.3 Å². The fourth-order valence-electron chi connectivity index (χ4n) is 1.97. The molecule has 2 rings (SSSR count). The highest BCUT2D eigenvalue weighted by molar-refractivity contribution is 5.50. The van der Waals surface area contributed by atoms with Crippen molar-refractivity contribution >= 4 is 6.08 Å². The summed E-state index contributed by atoms with van der Waals surface area (Å²) in [7, 11) is 0. The van der Waals surface area contributed by atoms with Gasteiger partial charge in [0.15, 0.2) is 0 Å². The Labute approximate surface area is 103 Å². The Bertz CT molecular complexity index is 382. The predicted octanol–water partition coefficient (Wildman–Crippen LogP) is 2.63. The van der Waals surface area contributed by atoms with Crippen molar-refractivity contribution in [3.05, 3.63) is 30.1 Å². The largest absolute Gasteiger partial charge is 0.489 e. The second-order valence-corrected chi connectivity index (χ2v) is 4.68. The summed E-state index contributed by atoms with van der Waals surface area (Å²) in [5.74, 6) is 0.835. The summed E-state index contributed by atoms with van der Waals surface area (Å²) >= 11 is 0. The van der Waals surface area contributed by atoms with E-state index >= 15 is 0 Å². The summed E-state index contributed by atoms with van der Waals surface area (Å²) in [6.07, 6.45) is 10.6. The highest BCUT2D eigenvalue weighted by atomic mass is 16.5. The fraction of sp³-hybridized carbons (Fsp3) is 0.500. The molecule has 1 aromatic rings. The van der Waals surface area contributed by atoms with Gasteiger partial charge in [-0.2, -0.15) is 0 Å². The Morgan fingerprint density at radius 2 is 2.35 bits per heavy atom. The lowest BCUT2D eigenvalue weighted by atomic mass is 10.2. The number of nitrogens with one attached hydrogen (secondary N) is 1. The summed E-state index contributed by atoms with van der Waals surface area (Å²) in [6.45, 7) is 5.17. The van der Waals surface area contributed by atoms with Gasteiger partial charge in [-0.3, -0.25) is 4.98 Å². The molecule has 1 atom stereocenters. The number of pyridine rings is 1. The van der Waals surface area contributed by atoms with Gasteiger partial charge in [0.05, 0.1) is 12.3 Å². The summed E-state index contributed by atoms with van der Waals surface area (Å²) in [4.78, 5) is 4.19. The van der Waals surface area contributed by atoms with Gasteiger partial charge in [-0.1, -0.05) is 12.2 Å². The Hall–Kier alpha value is -1.35. The molecule has 1 N–H and O–H groups in total. The van der Waals surface area contributed by atoms with Crippen LogP contribution in [0.15, 0.2) is 24.5 Å². The van der Waals surface area contributed by atoms with Crippen LogP contribution in [0.1, 0.15) is 32.3 Å². The predicted molar refractivity (Wildman–Crippen MR) is 70.1 cm³/mol. The van der Waals surface area contributed by atoms with Gasteiger partial charge in [0.1, 0.15) is 5.75 Å². The molecular formula is C14H20N2O. The summed E-state index contributed by atoms with van der Waals surface area (Å²) in [6, 6.07) is 2.54. The van der Waals surface area contributed by atoms with Gasteiger partial charge in [0.25, 0.3) is 0 Å². The molecule has 0 aromatic carbocycles. The topological polar surface area (TPSA) is 34.1 Å². The molecule has 1 fully saturated rings. The molecule has 3 heteroatoms. The molecule has 1 aliphatic heterocycles. The van der Waals surface area contributed by atoms with E-state index in [1.54, 1.807) is 6.20 Å². The SMILES string of the molecule is CC(C)Oc1cncc(C=CC2CCCN2)c1. The van der Waals surface area contributed by atoms with Gasteiger partial charge < -0.3 is 10.1 Å². The van der Waals surface area contributed by atoms with E-state index in [2.05, 4.69) is 22.5 Å². The van der Waals surface area contributed by atoms with Crippen molar-refractivity contribution < 1.29 is 4.74 Å². The highest BCUT2D eigenvalue weighted by Gasteiger charge is 2.09. The molecule has 0 spiro atoms. The molecule has 0 saturated carbocycles. The first-order valence-electron chi connectivity index (χ1n) is 6.27. The molecule has 1 aliphatic rings. The maximum Gasteiger partial charge on any atom is 0.138 e. The average molecular weight is 232 g/mol.